The molecule has 1 amide bonds. The number of nitrogens with one attached hydrogen (secondary N) is 1. The number of anilines is 1. The van der Waals surface area contributed by atoms with Crippen LogP contribution in [0.4, 0.5) is 5.69 Å². The first-order valence-electron chi connectivity index (χ1n) is 8.09. The van der Waals surface area contributed by atoms with E-state index >= 15 is 0 Å². The van der Waals surface area contributed by atoms with Crippen LogP contribution in [0.25, 0.3) is 0 Å². The van der Waals surface area contributed by atoms with Crippen molar-refractivity contribution in [3.05, 3.63) is 94.5 Å². The smallest absolute Gasteiger partial charge is 0.255 e. The predicted octanol–water partition coefficient (Wildman–Crippen LogP) is 3.47. The van der Waals surface area contributed by atoms with E-state index < -0.39 is 15.8 Å². The summed E-state index contributed by atoms with van der Waals surface area (Å²) in [5, 5.41) is 7.80. The summed E-state index contributed by atoms with van der Waals surface area (Å²) in [5.41, 5.74) is 1.44. The van der Waals surface area contributed by atoms with E-state index in [0.717, 1.165) is 6.07 Å². The summed E-state index contributed by atoms with van der Waals surface area (Å²) >= 11 is 5.84. The van der Waals surface area contributed by atoms with Gasteiger partial charge in [0.05, 0.1) is 5.02 Å². The van der Waals surface area contributed by atoms with Gasteiger partial charge in [-0.05, 0) is 42.5 Å². The van der Waals surface area contributed by atoms with E-state index in [0.29, 0.717) is 16.8 Å². The van der Waals surface area contributed by atoms with Crippen molar-refractivity contribution < 1.29 is 18.0 Å². The zero-order valence-corrected chi connectivity index (χ0v) is 16.0. The Morgan fingerprint density at radius 3 is 2.00 bits per heavy atom. The molecule has 3 aromatic rings. The van der Waals surface area contributed by atoms with Crippen molar-refractivity contribution in [1.29, 1.82) is 0 Å². The maximum absolute atomic E-state index is 12.6. The van der Waals surface area contributed by atoms with Gasteiger partial charge < -0.3 is 5.32 Å². The van der Waals surface area contributed by atoms with Crippen molar-refractivity contribution in [2.45, 2.75) is 4.90 Å². The predicted molar refractivity (Wildman–Crippen MR) is 107 cm³/mol. The van der Waals surface area contributed by atoms with Gasteiger partial charge in [0.1, 0.15) is 4.90 Å². The van der Waals surface area contributed by atoms with Gasteiger partial charge >= 0.3 is 0 Å². The third-order valence-electron chi connectivity index (χ3n) is 3.94. The Morgan fingerprint density at radius 1 is 0.821 bits per heavy atom. The highest BCUT2D eigenvalue weighted by molar-refractivity contribution is 7.89. The Labute approximate surface area is 167 Å². The Hall–Kier alpha value is -3.00. The number of hydrogen-bond acceptors (Lipinski definition) is 4. The lowest BCUT2D eigenvalue weighted by Gasteiger charge is -2.07. The quantitative estimate of drug-likeness (QED) is 0.623. The number of ketones is 1. The van der Waals surface area contributed by atoms with Gasteiger partial charge in [0.25, 0.3) is 5.91 Å². The Balaban J connectivity index is 1.82. The zero-order chi connectivity index (χ0) is 20.3. The van der Waals surface area contributed by atoms with E-state index in [9.17, 15) is 18.0 Å². The Morgan fingerprint density at radius 2 is 1.39 bits per heavy atom. The average molecular weight is 415 g/mol. The lowest BCUT2D eigenvalue weighted by molar-refractivity contribution is 0.102. The van der Waals surface area contributed by atoms with Gasteiger partial charge in [-0.1, -0.05) is 41.9 Å². The first-order chi connectivity index (χ1) is 13.3. The van der Waals surface area contributed by atoms with Crippen molar-refractivity contribution in [3.8, 4) is 0 Å². The van der Waals surface area contributed by atoms with E-state index in [4.69, 9.17) is 16.7 Å². The van der Waals surface area contributed by atoms with Crippen LogP contribution in [0.2, 0.25) is 5.02 Å². The van der Waals surface area contributed by atoms with Crippen molar-refractivity contribution in [2.24, 2.45) is 5.14 Å². The maximum atomic E-state index is 12.6. The minimum Gasteiger partial charge on any atom is -0.322 e. The van der Waals surface area contributed by atoms with Crippen LogP contribution in [-0.4, -0.2) is 20.1 Å². The largest absolute Gasteiger partial charge is 0.322 e. The number of sulfonamides is 1. The third kappa shape index (κ3) is 4.45. The fourth-order valence-electron chi connectivity index (χ4n) is 2.53. The molecular weight excluding hydrogens is 400 g/mol. The second-order valence-corrected chi connectivity index (χ2v) is 7.85. The number of halogens is 1. The monoisotopic (exact) mass is 414 g/mol. The first-order valence-corrected chi connectivity index (χ1v) is 10.0. The van der Waals surface area contributed by atoms with Crippen LogP contribution < -0.4 is 10.5 Å². The standard InChI is InChI=1S/C20H15ClN2O4S/c21-17-11-10-15(12-18(17)28(22,26)27)19(24)13-6-8-14(9-7-13)20(25)23-16-4-2-1-3-5-16/h1-12H,(H,23,25)(H2,22,26,27). The molecule has 3 rings (SSSR count). The number of primary sulfonamides is 1. The number of carbonyl (C=O) groups excluding carboxylic acids is 2. The van der Waals surface area contributed by atoms with Crippen LogP contribution in [0.15, 0.2) is 77.7 Å². The number of para-hydroxylation sites is 1. The van der Waals surface area contributed by atoms with Gasteiger partial charge in [-0.2, -0.15) is 0 Å². The summed E-state index contributed by atoms with van der Waals surface area (Å²) in [6.45, 7) is 0. The summed E-state index contributed by atoms with van der Waals surface area (Å²) in [7, 11) is -4.06. The van der Waals surface area contributed by atoms with Gasteiger partial charge in [0, 0.05) is 22.4 Å². The summed E-state index contributed by atoms with van der Waals surface area (Å²) in [4.78, 5) is 24.6. The van der Waals surface area contributed by atoms with Crippen molar-refractivity contribution in [1.82, 2.24) is 0 Å². The average Bonchev–Trinajstić information content (AvgIpc) is 2.68. The molecule has 3 N–H and O–H groups in total. The lowest BCUT2D eigenvalue weighted by atomic mass is 10.0. The molecule has 0 radical (unpaired) electrons. The maximum Gasteiger partial charge on any atom is 0.255 e. The van der Waals surface area contributed by atoms with E-state index in [1.165, 1.54) is 36.4 Å². The second kappa shape index (κ2) is 7.93. The molecule has 28 heavy (non-hydrogen) atoms. The minimum atomic E-state index is -4.06. The van der Waals surface area contributed by atoms with Crippen LogP contribution in [0.3, 0.4) is 0 Å². The Kier molecular flexibility index (Phi) is 5.60. The van der Waals surface area contributed by atoms with Crippen LogP contribution in [0.1, 0.15) is 26.3 Å². The molecular formula is C20H15ClN2O4S. The van der Waals surface area contributed by atoms with E-state index in [2.05, 4.69) is 5.32 Å². The van der Waals surface area contributed by atoms with Gasteiger partial charge in [0.15, 0.2) is 5.78 Å². The van der Waals surface area contributed by atoms with Crippen LogP contribution in [-0.2, 0) is 10.0 Å². The molecule has 8 heteroatoms. The third-order valence-corrected chi connectivity index (χ3v) is 5.33. The normalized spacial score (nSPS) is 11.1. The number of amides is 1. The molecule has 0 aliphatic carbocycles. The highest BCUT2D eigenvalue weighted by atomic mass is 35.5. The van der Waals surface area contributed by atoms with Crippen molar-refractivity contribution >= 4 is 39.0 Å². The molecule has 0 saturated carbocycles. The fourth-order valence-corrected chi connectivity index (χ4v) is 3.60. The molecule has 0 aliphatic rings. The molecule has 0 unspecified atom stereocenters. The highest BCUT2D eigenvalue weighted by Crippen LogP contribution is 2.23. The molecule has 0 saturated heterocycles. The lowest BCUT2D eigenvalue weighted by Crippen LogP contribution is -2.14. The van der Waals surface area contributed by atoms with E-state index in [1.54, 1.807) is 24.3 Å². The number of rotatable bonds is 5. The van der Waals surface area contributed by atoms with Gasteiger partial charge in [0.2, 0.25) is 10.0 Å². The van der Waals surface area contributed by atoms with Crippen LogP contribution >= 0.6 is 11.6 Å². The molecule has 0 aromatic heterocycles. The number of benzene rings is 3. The molecule has 0 heterocycles. The molecule has 0 spiro atoms. The number of carbonyl (C=O) groups is 2. The molecule has 0 aliphatic heterocycles. The zero-order valence-electron chi connectivity index (χ0n) is 14.4. The minimum absolute atomic E-state index is 0.0630. The molecule has 0 atom stereocenters. The first kappa shape index (κ1) is 19.8. The molecule has 142 valence electrons. The fraction of sp³-hybridized carbons (Fsp3) is 0. The molecule has 6 nitrogen and oxygen atoms in total. The molecule has 0 bridgehead atoms. The number of hydrogen-bond donors (Lipinski definition) is 2. The van der Waals surface area contributed by atoms with Crippen molar-refractivity contribution in [3.63, 3.8) is 0 Å². The van der Waals surface area contributed by atoms with Crippen molar-refractivity contribution in [2.75, 3.05) is 5.32 Å². The Bertz CT molecular complexity index is 1140. The van der Waals surface area contributed by atoms with Gasteiger partial charge in [-0.15, -0.1) is 0 Å². The van der Waals surface area contributed by atoms with E-state index in [-0.39, 0.29) is 21.4 Å². The summed E-state index contributed by atoms with van der Waals surface area (Å²) in [6, 6.07) is 18.8. The van der Waals surface area contributed by atoms with Crippen LogP contribution in [0.5, 0.6) is 0 Å². The molecule has 0 fully saturated rings. The number of nitrogens with two attached hydrogens (primary N) is 1. The highest BCUT2D eigenvalue weighted by Gasteiger charge is 2.17. The topological polar surface area (TPSA) is 106 Å². The van der Waals surface area contributed by atoms with Crippen LogP contribution in [0, 0.1) is 0 Å². The summed E-state index contributed by atoms with van der Waals surface area (Å²) in [5.74, 6) is -0.732. The van der Waals surface area contributed by atoms with E-state index in [1.807, 2.05) is 6.07 Å². The van der Waals surface area contributed by atoms with Gasteiger partial charge in [-0.3, -0.25) is 9.59 Å². The molecule has 3 aromatic carbocycles. The summed E-state index contributed by atoms with van der Waals surface area (Å²) < 4.78 is 23.1. The second-order valence-electron chi connectivity index (χ2n) is 5.92. The summed E-state index contributed by atoms with van der Waals surface area (Å²) in [6.07, 6.45) is 0. The van der Waals surface area contributed by atoms with Gasteiger partial charge in [-0.25, -0.2) is 13.6 Å². The SMILES string of the molecule is NS(=O)(=O)c1cc(C(=O)c2ccc(C(=O)Nc3ccccc3)cc2)ccc1Cl.